The third-order valence-electron chi connectivity index (χ3n) is 19.1. The molecule has 2 unspecified atom stereocenters. The van der Waals surface area contributed by atoms with Crippen LogP contribution in [0.2, 0.25) is 0 Å². The molecule has 0 spiro atoms. The number of carbonyl (C=O) groups excluding carboxylic acids is 2. The first-order valence-electron chi connectivity index (χ1n) is 34.1. The van der Waals surface area contributed by atoms with Crippen molar-refractivity contribution in [3.63, 3.8) is 0 Å². The highest BCUT2D eigenvalue weighted by Gasteiger charge is 2.58. The molecule has 0 fully saturated rings. The Balaban J connectivity index is 0.875. The Morgan fingerprint density at radius 2 is 0.365 bits per heavy atom. The molecule has 0 radical (unpaired) electrons. The summed E-state index contributed by atoms with van der Waals surface area (Å²) in [6.07, 6.45) is 10.4. The van der Waals surface area contributed by atoms with E-state index >= 15 is 9.59 Å². The van der Waals surface area contributed by atoms with Gasteiger partial charge in [-0.3, -0.25) is 0 Å². The molecule has 0 bridgehead atoms. The molecule has 8 heteroatoms. The lowest BCUT2D eigenvalue weighted by Gasteiger charge is -2.35. The lowest BCUT2D eigenvalue weighted by Crippen LogP contribution is -2.44. The van der Waals surface area contributed by atoms with E-state index in [-0.39, 0.29) is 0 Å². The highest BCUT2D eigenvalue weighted by molar-refractivity contribution is 7.97. The highest BCUT2D eigenvalue weighted by atomic mass is 31.2. The predicted molar refractivity (Wildman–Crippen MR) is 416 cm³/mol. The molecule has 0 amide bonds. The fraction of sp³-hybridized carbons (Fsp3) is 0.159. The van der Waals surface area contributed by atoms with Crippen LogP contribution in [0, 0.1) is 0 Å². The fourth-order valence-corrected chi connectivity index (χ4v) is 32.8. The summed E-state index contributed by atoms with van der Waals surface area (Å²) in [5.74, 6) is -3.36. The summed E-state index contributed by atoms with van der Waals surface area (Å²) >= 11 is 0. The van der Waals surface area contributed by atoms with E-state index in [1.165, 1.54) is 31.8 Å². The predicted octanol–water partition coefficient (Wildman–Crippen LogP) is 16.6. The van der Waals surface area contributed by atoms with E-state index in [4.69, 9.17) is 9.47 Å². The summed E-state index contributed by atoms with van der Waals surface area (Å²) < 4.78 is 14.3. The molecule has 2 atom stereocenters. The number of esters is 2. The average molecular weight is 1330 g/mol. The van der Waals surface area contributed by atoms with Gasteiger partial charge in [-0.25, -0.2) is 9.59 Å². The summed E-state index contributed by atoms with van der Waals surface area (Å²) in [5.41, 5.74) is 0. The Hall–Kier alpha value is -8.70. The molecule has 4 nitrogen and oxygen atoms in total. The van der Waals surface area contributed by atoms with Crippen molar-refractivity contribution in [1.82, 2.24) is 0 Å². The van der Waals surface area contributed by atoms with Gasteiger partial charge in [-0.2, -0.15) is 0 Å². The molecule has 0 N–H and O–H groups in total. The summed E-state index contributed by atoms with van der Waals surface area (Å²) in [6.45, 7) is 0. The molecule has 478 valence electrons. The smallest absolute Gasteiger partial charge is 0.418 e. The van der Waals surface area contributed by atoms with Gasteiger partial charge in [-0.15, -0.1) is 0 Å². The number of hydrogen-bond acceptors (Lipinski definition) is 4. The minimum atomic E-state index is -2.91. The third kappa shape index (κ3) is 14.7. The average Bonchev–Trinajstić information content (AvgIpc) is 0.765. The van der Waals surface area contributed by atoms with Gasteiger partial charge in [-0.1, -0.05) is 231 Å². The zero-order valence-corrected chi connectivity index (χ0v) is 58.3. The fourth-order valence-electron chi connectivity index (χ4n) is 14.7. The maximum atomic E-state index is 15.8. The summed E-state index contributed by atoms with van der Waals surface area (Å²) in [5, 5.41) is 14.7. The van der Waals surface area contributed by atoms with Gasteiger partial charge in [0.25, 0.3) is 0 Å². The van der Waals surface area contributed by atoms with E-state index < -0.39 is 52.7 Å². The number of unbranched alkanes of at least 4 members (excludes halogenated alkanes) is 6. The van der Waals surface area contributed by atoms with Crippen molar-refractivity contribution in [3.05, 3.63) is 364 Å². The van der Waals surface area contributed by atoms with Crippen molar-refractivity contribution in [2.45, 2.75) is 75.9 Å². The van der Waals surface area contributed by atoms with E-state index in [0.717, 1.165) is 95.5 Å². The van der Waals surface area contributed by atoms with Crippen molar-refractivity contribution in [2.75, 3.05) is 12.3 Å². The summed E-state index contributed by atoms with van der Waals surface area (Å²) in [6, 6.07) is 130. The van der Waals surface area contributed by atoms with Crippen LogP contribution in [0.3, 0.4) is 0 Å². The van der Waals surface area contributed by atoms with Crippen LogP contribution in [0.15, 0.2) is 364 Å². The van der Waals surface area contributed by atoms with Crippen LogP contribution in [0.1, 0.15) is 64.2 Å². The van der Waals surface area contributed by atoms with E-state index in [1.807, 2.05) is 36.4 Å². The van der Waals surface area contributed by atoms with Crippen LogP contribution >= 0.6 is 29.0 Å². The Kier molecular flexibility index (Phi) is 23.3. The van der Waals surface area contributed by atoms with Gasteiger partial charge in [0, 0.05) is 12.8 Å². The molecule has 12 aromatic rings. The number of rotatable bonds is 30. The van der Waals surface area contributed by atoms with Gasteiger partial charge in [0.1, 0.15) is 78.2 Å². The largest absolute Gasteiger partial charge is 0.420 e. The topological polar surface area (TPSA) is 52.6 Å². The van der Waals surface area contributed by atoms with Gasteiger partial charge >= 0.3 is 11.9 Å². The van der Waals surface area contributed by atoms with Gasteiger partial charge in [0.05, 0.1) is 12.3 Å². The maximum absolute atomic E-state index is 15.8. The van der Waals surface area contributed by atoms with Crippen LogP contribution in [-0.2, 0) is 19.1 Å². The highest BCUT2D eigenvalue weighted by Crippen LogP contribution is 2.64. The van der Waals surface area contributed by atoms with Crippen molar-refractivity contribution in [1.29, 1.82) is 0 Å². The standard InChI is InChI=1S/C88H86O4P4/c89-87(91-85(95(79-57-29-11-30-58-79,80-59-31-12-32-60-80)81-61-33-13-34-62-81)69-41-1-3-43-71-93(73-45-17-5-18-46-73,74-47-19-6-20-48-74)75-49-21-7-22-50-75)88(90)92-86(96(82-63-35-14-36-64-82,83-65-37-15-38-66-83)84-67-39-16-40-68-84)70-42-2-4-44-72-94(76-51-23-8-24-52-76,77-53-25-9-26-54-77)78-55-27-10-28-56-78/h5-40,45-68,85-86H,1-4,41-44,69-72H2/q+4. The third-order valence-corrected chi connectivity index (χ3v) is 37.3. The molecule has 12 rings (SSSR count). The van der Waals surface area contributed by atoms with Gasteiger partial charge in [0.2, 0.25) is 11.7 Å². The van der Waals surface area contributed by atoms with Gasteiger partial charge in [0.15, 0.2) is 14.5 Å². The Labute approximate surface area is 572 Å². The van der Waals surface area contributed by atoms with Crippen molar-refractivity contribution < 1.29 is 19.1 Å². The molecule has 0 heterocycles. The molecule has 96 heavy (non-hydrogen) atoms. The molecule has 12 aromatic carbocycles. The van der Waals surface area contributed by atoms with E-state index in [1.54, 1.807) is 0 Å². The van der Waals surface area contributed by atoms with Gasteiger partial charge in [-0.05, 0) is 184 Å². The van der Waals surface area contributed by atoms with E-state index in [2.05, 4.69) is 328 Å². The Morgan fingerprint density at radius 3 is 0.542 bits per heavy atom. The van der Waals surface area contributed by atoms with Gasteiger partial charge < -0.3 is 9.47 Å². The second kappa shape index (κ2) is 33.3. The molecule has 0 saturated heterocycles. The van der Waals surface area contributed by atoms with E-state index in [9.17, 15) is 0 Å². The molecule has 0 aromatic heterocycles. The number of hydrogen-bond donors (Lipinski definition) is 0. The van der Waals surface area contributed by atoms with Crippen molar-refractivity contribution >= 4 is 105 Å². The molecule has 0 aliphatic heterocycles. The second-order valence-electron chi connectivity index (χ2n) is 24.7. The first kappa shape index (κ1) is 67.3. The first-order valence-corrected chi connectivity index (χ1v) is 41.8. The molecular formula is C88H86O4P4+4. The Morgan fingerprint density at radius 1 is 0.208 bits per heavy atom. The van der Waals surface area contributed by atoms with Crippen LogP contribution in [0.4, 0.5) is 0 Å². The lowest BCUT2D eigenvalue weighted by molar-refractivity contribution is -0.170. The number of benzene rings is 12. The maximum Gasteiger partial charge on any atom is 0.420 e. The van der Waals surface area contributed by atoms with Crippen LogP contribution < -0.4 is 63.7 Å². The monoisotopic (exact) mass is 1330 g/mol. The molecular weight excluding hydrogens is 1240 g/mol. The second-order valence-corrected chi connectivity index (χ2v) is 39.0. The Bertz CT molecular complexity index is 3590. The quantitative estimate of drug-likeness (QED) is 0.0195. The summed E-state index contributed by atoms with van der Waals surface area (Å²) in [7, 11) is -9.90. The van der Waals surface area contributed by atoms with Crippen LogP contribution in [-0.4, -0.2) is 36.0 Å². The summed E-state index contributed by atoms with van der Waals surface area (Å²) in [4.78, 5) is 31.6. The van der Waals surface area contributed by atoms with E-state index in [0.29, 0.717) is 12.8 Å². The molecule has 0 saturated carbocycles. The zero-order chi connectivity index (χ0) is 65.6. The minimum Gasteiger partial charge on any atom is -0.418 e. The van der Waals surface area contributed by atoms with Crippen molar-refractivity contribution in [3.8, 4) is 0 Å². The lowest BCUT2D eigenvalue weighted by atomic mass is 10.1. The SMILES string of the molecule is O=C(OC(CCCCCC[P+](c1ccccc1)(c1ccccc1)c1ccccc1)[P+](c1ccccc1)(c1ccccc1)c1ccccc1)C(=O)OC(CCCCCC[P+](c1ccccc1)(c1ccccc1)c1ccccc1)[P+](c1ccccc1)(c1ccccc1)c1ccccc1. The zero-order valence-electron chi connectivity index (χ0n) is 54.7. The first-order chi connectivity index (χ1) is 47.5. The van der Waals surface area contributed by atoms with Crippen LogP contribution in [0.25, 0.3) is 0 Å². The number of carbonyl (C=O) groups is 2. The molecule has 0 aliphatic rings. The number of ether oxygens (including phenoxy) is 2. The normalized spacial score (nSPS) is 12.5. The van der Waals surface area contributed by atoms with Crippen LogP contribution in [0.5, 0.6) is 0 Å². The minimum absolute atomic E-state index is 0.530. The molecule has 0 aliphatic carbocycles. The van der Waals surface area contributed by atoms with Crippen molar-refractivity contribution in [2.24, 2.45) is 0 Å².